The number of benzene rings is 2. The van der Waals surface area contributed by atoms with E-state index in [1.807, 2.05) is 93.9 Å². The van der Waals surface area contributed by atoms with E-state index in [0.717, 1.165) is 33.4 Å². The van der Waals surface area contributed by atoms with Crippen LogP contribution in [0.2, 0.25) is 0 Å². The van der Waals surface area contributed by atoms with Gasteiger partial charge in [0.2, 0.25) is 6.23 Å². The van der Waals surface area contributed by atoms with Crippen molar-refractivity contribution in [3.63, 3.8) is 0 Å². The van der Waals surface area contributed by atoms with Gasteiger partial charge in [0.05, 0.1) is 27.6 Å². The highest BCUT2D eigenvalue weighted by atomic mass is 31.1. The monoisotopic (exact) mass is 484 g/mol. The minimum absolute atomic E-state index is 0.0292. The third-order valence-electron chi connectivity index (χ3n) is 6.20. The molecule has 0 aliphatic carbocycles. The van der Waals surface area contributed by atoms with Crippen LogP contribution in [0.15, 0.2) is 24.3 Å². The van der Waals surface area contributed by atoms with E-state index in [4.69, 9.17) is 4.74 Å². The Hall–Kier alpha value is -2.36. The van der Waals surface area contributed by atoms with Crippen LogP contribution >= 0.6 is 7.92 Å². The molecule has 0 bridgehead atoms. The third-order valence-corrected chi connectivity index (χ3v) is 8.30. The molecule has 0 aromatic heterocycles. The molecule has 0 saturated carbocycles. The number of carbonyl (C=O) groups is 3. The maximum atomic E-state index is 13.8. The van der Waals surface area contributed by atoms with Crippen LogP contribution in [-0.4, -0.2) is 55.0 Å². The van der Waals surface area contributed by atoms with Crippen LogP contribution in [0, 0.1) is 41.5 Å². The lowest BCUT2D eigenvalue weighted by Crippen LogP contribution is -2.45. The molecule has 0 saturated heterocycles. The smallest absolute Gasteiger partial charge is 0.310 e. The van der Waals surface area contributed by atoms with Crippen LogP contribution in [0.25, 0.3) is 0 Å². The van der Waals surface area contributed by atoms with E-state index in [2.05, 4.69) is 0 Å². The molecule has 5 nitrogen and oxygen atoms in total. The first-order chi connectivity index (χ1) is 15.6. The molecule has 0 N–H and O–H groups in total. The molecule has 0 spiro atoms. The van der Waals surface area contributed by atoms with Gasteiger partial charge in [0.25, 0.3) is 0 Å². The Morgan fingerprint density at radius 3 is 1.44 bits per heavy atom. The molecule has 1 unspecified atom stereocenters. The van der Waals surface area contributed by atoms with Crippen molar-refractivity contribution in [1.82, 2.24) is 0 Å². The molecule has 1 atom stereocenters. The predicted octanol–water partition coefficient (Wildman–Crippen LogP) is 5.99. The number of aryl methyl sites for hydroxylation is 6. The highest BCUT2D eigenvalue weighted by Gasteiger charge is 2.33. The highest BCUT2D eigenvalue weighted by molar-refractivity contribution is 7.90. The van der Waals surface area contributed by atoms with Crippen LogP contribution in [0.5, 0.6) is 0 Å². The molecular weight excluding hydrogens is 445 g/mol. The zero-order chi connectivity index (χ0) is 26.0. The van der Waals surface area contributed by atoms with Gasteiger partial charge in [0, 0.05) is 26.0 Å². The molecule has 6 heteroatoms. The normalized spacial score (nSPS) is 12.6. The Labute approximate surface area is 205 Å². The van der Waals surface area contributed by atoms with Crippen LogP contribution in [0.1, 0.15) is 67.4 Å². The summed E-state index contributed by atoms with van der Waals surface area (Å²) in [6, 6.07) is 7.88. The maximum absolute atomic E-state index is 13.8. The van der Waals surface area contributed by atoms with Crippen molar-refractivity contribution in [2.45, 2.75) is 61.1 Å². The minimum Gasteiger partial charge on any atom is -0.413 e. The first-order valence-electron chi connectivity index (χ1n) is 11.7. The van der Waals surface area contributed by atoms with Crippen molar-refractivity contribution in [2.24, 2.45) is 0 Å². The summed E-state index contributed by atoms with van der Waals surface area (Å²) in [5.74, 6) is -0.386. The summed E-state index contributed by atoms with van der Waals surface area (Å²) in [6.07, 6.45) is -0.121. The molecule has 0 radical (unpaired) electrons. The second-order valence-electron chi connectivity index (χ2n) is 10.3. The van der Waals surface area contributed by atoms with Gasteiger partial charge in [-0.3, -0.25) is 18.9 Å². The van der Waals surface area contributed by atoms with Crippen LogP contribution in [-0.2, 0) is 9.53 Å². The van der Waals surface area contributed by atoms with Crippen molar-refractivity contribution in [1.29, 1.82) is 0 Å². The SMILES string of the molecule is Cc1cc(C)c(C(=O)P(CCC(=O)OC(C)[N+](C)(C)C)C(=O)c2c(C)cc(C)cc2C)c(C)c1. The lowest BCUT2D eigenvalue weighted by molar-refractivity contribution is -0.914. The average Bonchev–Trinajstić information content (AvgIpc) is 2.65. The Morgan fingerprint density at radius 1 is 0.765 bits per heavy atom. The fraction of sp³-hybridized carbons (Fsp3) is 0.464. The van der Waals surface area contributed by atoms with E-state index in [1.165, 1.54) is 0 Å². The molecular formula is C28H39NO4P+. The summed E-state index contributed by atoms with van der Waals surface area (Å²) in [5, 5.41) is 0. The van der Waals surface area contributed by atoms with Gasteiger partial charge in [-0.05, 0) is 70.0 Å². The van der Waals surface area contributed by atoms with Crippen molar-refractivity contribution in [2.75, 3.05) is 27.3 Å². The van der Waals surface area contributed by atoms with Crippen molar-refractivity contribution < 1.29 is 23.6 Å². The van der Waals surface area contributed by atoms with Gasteiger partial charge in [0.15, 0.2) is 11.0 Å². The number of esters is 1. The molecule has 0 aliphatic heterocycles. The van der Waals surface area contributed by atoms with Crippen LogP contribution in [0.3, 0.4) is 0 Å². The molecule has 2 aromatic carbocycles. The van der Waals surface area contributed by atoms with Crippen molar-refractivity contribution in [3.05, 3.63) is 68.8 Å². The summed E-state index contributed by atoms with van der Waals surface area (Å²) in [6.45, 7) is 13.5. The Morgan fingerprint density at radius 2 is 1.12 bits per heavy atom. The molecule has 0 heterocycles. The average molecular weight is 485 g/mol. The quantitative estimate of drug-likeness (QED) is 0.190. The number of ether oxygens (including phenoxy) is 1. The van der Waals surface area contributed by atoms with Crippen molar-refractivity contribution >= 4 is 24.9 Å². The molecule has 34 heavy (non-hydrogen) atoms. The van der Waals surface area contributed by atoms with Gasteiger partial charge in [-0.1, -0.05) is 35.4 Å². The predicted molar refractivity (Wildman–Crippen MR) is 140 cm³/mol. The van der Waals surface area contributed by atoms with Gasteiger partial charge in [-0.2, -0.15) is 0 Å². The van der Waals surface area contributed by atoms with E-state index in [0.29, 0.717) is 15.6 Å². The van der Waals surface area contributed by atoms with Gasteiger partial charge in [-0.15, -0.1) is 0 Å². The van der Waals surface area contributed by atoms with E-state index in [1.54, 1.807) is 0 Å². The van der Waals surface area contributed by atoms with Crippen LogP contribution < -0.4 is 0 Å². The molecule has 0 aliphatic rings. The standard InChI is InChI=1S/C28H39NO4P/c1-17-13-19(3)25(20(4)14-17)27(31)34(12-11-24(30)33-23(7)29(8,9)10)28(32)26-21(5)15-18(2)16-22(26)6/h13-16,23H,11-12H2,1-10H3/q+1. The zero-order valence-electron chi connectivity index (χ0n) is 22.3. The Bertz CT molecular complexity index is 998. The molecule has 2 rings (SSSR count). The summed E-state index contributed by atoms with van der Waals surface area (Å²) >= 11 is 0. The molecule has 0 fully saturated rings. The fourth-order valence-corrected chi connectivity index (χ4v) is 6.45. The van der Waals surface area contributed by atoms with E-state index in [9.17, 15) is 14.4 Å². The third kappa shape index (κ3) is 6.61. The summed E-state index contributed by atoms with van der Waals surface area (Å²) in [7, 11) is 4.06. The number of quaternary nitrogens is 1. The van der Waals surface area contributed by atoms with Gasteiger partial charge in [0.1, 0.15) is 0 Å². The zero-order valence-corrected chi connectivity index (χ0v) is 23.2. The second kappa shape index (κ2) is 10.9. The second-order valence-corrected chi connectivity index (χ2v) is 12.4. The number of rotatable bonds is 9. The summed E-state index contributed by atoms with van der Waals surface area (Å²) < 4.78 is 6.06. The number of carbonyl (C=O) groups excluding carboxylic acids is 3. The first-order valence-corrected chi connectivity index (χ1v) is 13.2. The van der Waals surface area contributed by atoms with E-state index in [-0.39, 0.29) is 35.8 Å². The largest absolute Gasteiger partial charge is 0.413 e. The Kier molecular flexibility index (Phi) is 8.96. The fourth-order valence-electron chi connectivity index (χ4n) is 4.21. The molecule has 184 valence electrons. The molecule has 2 aromatic rings. The molecule has 0 amide bonds. The number of nitrogens with zero attached hydrogens (tertiary/aromatic N) is 1. The van der Waals surface area contributed by atoms with Gasteiger partial charge >= 0.3 is 5.97 Å². The highest BCUT2D eigenvalue weighted by Crippen LogP contribution is 2.46. The first kappa shape index (κ1) is 27.9. The van der Waals surface area contributed by atoms with E-state index >= 15 is 0 Å². The van der Waals surface area contributed by atoms with Crippen molar-refractivity contribution in [3.8, 4) is 0 Å². The van der Waals surface area contributed by atoms with Gasteiger partial charge < -0.3 is 4.74 Å². The minimum atomic E-state index is -1.79. The number of hydrogen-bond acceptors (Lipinski definition) is 4. The van der Waals surface area contributed by atoms with Gasteiger partial charge in [-0.25, -0.2) is 0 Å². The maximum Gasteiger partial charge on any atom is 0.310 e. The topological polar surface area (TPSA) is 60.4 Å². The number of hydrogen-bond donors (Lipinski definition) is 0. The van der Waals surface area contributed by atoms with Crippen LogP contribution in [0.4, 0.5) is 0 Å². The lowest BCUT2D eigenvalue weighted by atomic mass is 10.0. The lowest BCUT2D eigenvalue weighted by Gasteiger charge is -2.30. The van der Waals surface area contributed by atoms with E-state index < -0.39 is 7.92 Å². The summed E-state index contributed by atoms with van der Waals surface area (Å²) in [5.41, 5.74) is 6.46. The summed E-state index contributed by atoms with van der Waals surface area (Å²) in [4.78, 5) is 40.3. The Balaban J connectivity index is 2.45.